The summed E-state index contributed by atoms with van der Waals surface area (Å²) < 4.78 is 0. The van der Waals surface area contributed by atoms with Gasteiger partial charge in [-0.05, 0) is 49.0 Å². The number of allylic oxidation sites excluding steroid dienone is 2. The number of carbonyl (C=O) groups is 2. The molecule has 0 unspecified atom stereocenters. The smallest absolute Gasteiger partial charge is 0.199 e. The van der Waals surface area contributed by atoms with E-state index < -0.39 is 0 Å². The van der Waals surface area contributed by atoms with Crippen molar-refractivity contribution in [3.8, 4) is 0 Å². The zero-order valence-corrected chi connectivity index (χ0v) is 16.1. The number of aryl methyl sites for hydroxylation is 1. The van der Waals surface area contributed by atoms with Crippen LogP contribution >= 0.6 is 11.8 Å². The minimum Gasteiger partial charge on any atom is -0.299 e. The third-order valence-electron chi connectivity index (χ3n) is 4.96. The zero-order chi connectivity index (χ0) is 17.7. The fraction of sp³-hybridized carbons (Fsp3) is 0.524. The highest BCUT2D eigenvalue weighted by molar-refractivity contribution is 8.13. The Balaban J connectivity index is 0.00000100. The van der Waals surface area contributed by atoms with Crippen LogP contribution in [0.15, 0.2) is 29.2 Å². The number of hydrogen-bond donors (Lipinski definition) is 0. The molecule has 0 saturated heterocycles. The molecule has 3 rings (SSSR count). The van der Waals surface area contributed by atoms with E-state index in [1.807, 2.05) is 19.9 Å². The van der Waals surface area contributed by atoms with E-state index in [9.17, 15) is 9.59 Å². The van der Waals surface area contributed by atoms with Gasteiger partial charge in [-0.15, -0.1) is 0 Å². The molecule has 0 bridgehead atoms. The number of rotatable bonds is 3. The molecular weight excluding hydrogens is 316 g/mol. The molecule has 24 heavy (non-hydrogen) atoms. The van der Waals surface area contributed by atoms with Crippen LogP contribution in [0.2, 0.25) is 0 Å². The molecule has 0 N–H and O–H groups in total. The molecule has 130 valence electrons. The van der Waals surface area contributed by atoms with Crippen LogP contribution in [0.1, 0.15) is 70.4 Å². The van der Waals surface area contributed by atoms with Crippen molar-refractivity contribution in [2.24, 2.45) is 5.41 Å². The molecule has 0 atom stereocenters. The monoisotopic (exact) mass is 344 g/mol. The van der Waals surface area contributed by atoms with E-state index in [1.54, 1.807) is 0 Å². The highest BCUT2D eigenvalue weighted by Crippen LogP contribution is 2.46. The molecule has 2 aliphatic rings. The van der Waals surface area contributed by atoms with Crippen LogP contribution in [0.25, 0.3) is 5.57 Å². The van der Waals surface area contributed by atoms with Gasteiger partial charge in [-0.3, -0.25) is 9.59 Å². The second-order valence-corrected chi connectivity index (χ2v) is 7.77. The summed E-state index contributed by atoms with van der Waals surface area (Å²) in [6.07, 6.45) is 7.25. The van der Waals surface area contributed by atoms with Crippen molar-refractivity contribution in [3.63, 3.8) is 0 Å². The number of hydrogen-bond acceptors (Lipinski definition) is 3. The van der Waals surface area contributed by atoms with Crippen molar-refractivity contribution in [3.05, 3.63) is 35.4 Å². The summed E-state index contributed by atoms with van der Waals surface area (Å²) >= 11 is 1.40. The van der Waals surface area contributed by atoms with Gasteiger partial charge in [0.2, 0.25) is 0 Å². The predicted molar refractivity (Wildman–Crippen MR) is 102 cm³/mol. The summed E-state index contributed by atoms with van der Waals surface area (Å²) in [5.41, 5.74) is 3.43. The van der Waals surface area contributed by atoms with Crippen molar-refractivity contribution >= 4 is 28.2 Å². The van der Waals surface area contributed by atoms with Crippen LogP contribution in [0.3, 0.4) is 0 Å². The summed E-state index contributed by atoms with van der Waals surface area (Å²) in [5.74, 6) is 0.318. The summed E-state index contributed by atoms with van der Waals surface area (Å²) in [4.78, 5) is 24.9. The number of ketones is 1. The maximum absolute atomic E-state index is 12.5. The van der Waals surface area contributed by atoms with E-state index in [-0.39, 0.29) is 5.41 Å². The lowest BCUT2D eigenvalue weighted by Gasteiger charge is -2.36. The first-order valence-corrected chi connectivity index (χ1v) is 9.84. The molecule has 1 aromatic rings. The Labute approximate surface area is 150 Å². The molecular formula is C21H28O2S. The van der Waals surface area contributed by atoms with Crippen molar-refractivity contribution in [1.82, 2.24) is 0 Å². The molecule has 0 amide bonds. The number of benzene rings is 1. The lowest BCUT2D eigenvalue weighted by atomic mass is 9.72. The molecule has 1 saturated carbocycles. The van der Waals surface area contributed by atoms with Crippen LogP contribution in [-0.2, 0) is 9.59 Å². The first kappa shape index (κ1) is 19.0. The lowest BCUT2D eigenvalue weighted by molar-refractivity contribution is -0.122. The van der Waals surface area contributed by atoms with Gasteiger partial charge in [-0.25, -0.2) is 0 Å². The lowest BCUT2D eigenvalue weighted by Crippen LogP contribution is -2.32. The Morgan fingerprint density at radius 1 is 1.17 bits per heavy atom. The molecule has 2 nitrogen and oxygen atoms in total. The predicted octanol–water partition coefficient (Wildman–Crippen LogP) is 5.97. The van der Waals surface area contributed by atoms with Gasteiger partial charge in [-0.1, -0.05) is 57.2 Å². The van der Waals surface area contributed by atoms with E-state index in [2.05, 4.69) is 32.0 Å². The second kappa shape index (κ2) is 8.15. The average Bonchev–Trinajstić information content (AvgIpc) is 2.57. The van der Waals surface area contributed by atoms with Gasteiger partial charge in [-0.2, -0.15) is 0 Å². The quantitative estimate of drug-likeness (QED) is 0.634. The van der Waals surface area contributed by atoms with E-state index in [0.29, 0.717) is 23.7 Å². The Morgan fingerprint density at radius 3 is 2.42 bits per heavy atom. The van der Waals surface area contributed by atoms with E-state index in [1.165, 1.54) is 23.8 Å². The molecule has 0 aliphatic heterocycles. The van der Waals surface area contributed by atoms with Gasteiger partial charge in [0.25, 0.3) is 0 Å². The average molecular weight is 345 g/mol. The molecule has 1 aromatic carbocycles. The zero-order valence-electron chi connectivity index (χ0n) is 15.3. The first-order chi connectivity index (χ1) is 11.5. The highest BCUT2D eigenvalue weighted by atomic mass is 32.2. The van der Waals surface area contributed by atoms with Crippen molar-refractivity contribution < 1.29 is 9.59 Å². The molecule has 0 spiro atoms. The van der Waals surface area contributed by atoms with Gasteiger partial charge in [0.15, 0.2) is 5.12 Å². The molecule has 1 fully saturated rings. The number of Topliss-reactive ketones (excluding diaryl/α,β-unsaturated/α-hetero) is 1. The summed E-state index contributed by atoms with van der Waals surface area (Å²) in [6.45, 7) is 8.14. The highest BCUT2D eigenvalue weighted by Gasteiger charge is 2.39. The second-order valence-electron chi connectivity index (χ2n) is 6.76. The van der Waals surface area contributed by atoms with Gasteiger partial charge >= 0.3 is 0 Å². The Kier molecular flexibility index (Phi) is 6.45. The fourth-order valence-corrected chi connectivity index (χ4v) is 4.09. The van der Waals surface area contributed by atoms with Crippen molar-refractivity contribution in [2.75, 3.05) is 0 Å². The Hall–Kier alpha value is -1.35. The normalized spacial score (nSPS) is 18.8. The van der Waals surface area contributed by atoms with Crippen LogP contribution in [-0.4, -0.2) is 10.9 Å². The minimum absolute atomic E-state index is 0.121. The number of thioether (sulfide) groups is 1. The maximum Gasteiger partial charge on any atom is 0.199 e. The standard InChI is InChI=1S/C19H22O2S.C2H6/c1-13-4-5-15(14-6-8-16(20)9-7-14)12-17(13)22-18(21)19(2)10-3-11-19;1-2/h4-6,12H,3,7-11H2,1-2H3;1-2H3. The maximum atomic E-state index is 12.5. The Bertz CT molecular complexity index is 654. The third-order valence-corrected chi connectivity index (χ3v) is 6.30. The van der Waals surface area contributed by atoms with Crippen LogP contribution in [0.4, 0.5) is 0 Å². The SMILES string of the molecule is CC.Cc1ccc(C2=CCC(=O)CC2)cc1SC(=O)C1(C)CCC1. The van der Waals surface area contributed by atoms with Gasteiger partial charge < -0.3 is 0 Å². The van der Waals surface area contributed by atoms with Gasteiger partial charge in [0.1, 0.15) is 5.78 Å². The summed E-state index contributed by atoms with van der Waals surface area (Å²) in [7, 11) is 0. The molecule has 3 heteroatoms. The van der Waals surface area contributed by atoms with Crippen molar-refractivity contribution in [1.29, 1.82) is 0 Å². The van der Waals surface area contributed by atoms with Crippen LogP contribution in [0, 0.1) is 12.3 Å². The molecule has 0 aromatic heterocycles. The van der Waals surface area contributed by atoms with Crippen LogP contribution in [0.5, 0.6) is 0 Å². The third kappa shape index (κ3) is 4.18. The van der Waals surface area contributed by atoms with E-state index >= 15 is 0 Å². The van der Waals surface area contributed by atoms with E-state index in [4.69, 9.17) is 0 Å². The molecule has 2 aliphatic carbocycles. The van der Waals surface area contributed by atoms with Crippen LogP contribution < -0.4 is 0 Å². The van der Waals surface area contributed by atoms with Gasteiger partial charge in [0.05, 0.1) is 0 Å². The number of carbonyl (C=O) groups excluding carboxylic acids is 2. The summed E-state index contributed by atoms with van der Waals surface area (Å²) in [6, 6.07) is 6.32. The van der Waals surface area contributed by atoms with Gasteiger partial charge in [0, 0.05) is 23.2 Å². The summed E-state index contributed by atoms with van der Waals surface area (Å²) in [5, 5.41) is 0.298. The molecule has 0 radical (unpaired) electrons. The van der Waals surface area contributed by atoms with E-state index in [0.717, 1.165) is 35.3 Å². The van der Waals surface area contributed by atoms with Crippen molar-refractivity contribution in [2.45, 2.75) is 71.1 Å². The minimum atomic E-state index is -0.121. The fourth-order valence-electron chi connectivity index (χ4n) is 3.02. The Morgan fingerprint density at radius 2 is 1.88 bits per heavy atom. The largest absolute Gasteiger partial charge is 0.299 e. The molecule has 0 heterocycles. The first-order valence-electron chi connectivity index (χ1n) is 9.02. The topological polar surface area (TPSA) is 34.1 Å².